The Labute approximate surface area is 662 Å². The van der Waals surface area contributed by atoms with Gasteiger partial charge in [0.15, 0.2) is 0 Å². The van der Waals surface area contributed by atoms with Gasteiger partial charge in [-0.15, -0.1) is 0 Å². The van der Waals surface area contributed by atoms with Crippen molar-refractivity contribution in [1.82, 2.24) is 44.6 Å². The highest BCUT2D eigenvalue weighted by molar-refractivity contribution is 9.11. The second-order valence-electron chi connectivity index (χ2n) is 28.7. The zero-order chi connectivity index (χ0) is 79.0. The third kappa shape index (κ3) is 22.4. The summed E-state index contributed by atoms with van der Waals surface area (Å²) in [4.78, 5) is 86.9. The Kier molecular flexibility index (Phi) is 27.1. The lowest BCUT2D eigenvalue weighted by Crippen LogP contribution is -2.50. The van der Waals surface area contributed by atoms with E-state index in [9.17, 15) is 19.2 Å². The van der Waals surface area contributed by atoms with Gasteiger partial charge in [-0.05, 0) is 178 Å². The number of halogens is 3. The van der Waals surface area contributed by atoms with E-state index in [-0.39, 0.29) is 29.5 Å². The summed E-state index contributed by atoms with van der Waals surface area (Å²) in [5.74, 6) is 2.66. The molecule has 13 rings (SSSR count). The van der Waals surface area contributed by atoms with E-state index in [1.165, 1.54) is 6.08 Å². The molecule has 7 aromatic carbocycles. The summed E-state index contributed by atoms with van der Waals surface area (Å²) >= 11 is 12.6. The molecule has 0 spiro atoms. The number of amides is 4. The summed E-state index contributed by atoms with van der Waals surface area (Å²) in [6.45, 7) is 28.4. The van der Waals surface area contributed by atoms with E-state index in [2.05, 4.69) is 94.0 Å². The first-order valence-corrected chi connectivity index (χ1v) is 37.7. The Morgan fingerprint density at radius 3 is 1.28 bits per heavy atom. The highest BCUT2D eigenvalue weighted by Crippen LogP contribution is 2.37. The van der Waals surface area contributed by atoms with Crippen molar-refractivity contribution < 1.29 is 47.6 Å². The maximum Gasteiger partial charge on any atom is 0.410 e. The van der Waals surface area contributed by atoms with Crippen molar-refractivity contribution in [3.63, 3.8) is 0 Å². The molecule has 0 saturated carbocycles. The number of nitrogens with zero attached hydrogens (tertiary/aromatic N) is 12. The maximum atomic E-state index is 12.5. The third-order valence-corrected chi connectivity index (χ3v) is 18.8. The van der Waals surface area contributed by atoms with Gasteiger partial charge in [-0.25, -0.2) is 44.3 Å². The molecule has 3 aliphatic heterocycles. The lowest BCUT2D eigenvalue weighted by molar-refractivity contribution is -0.111. The predicted octanol–water partition coefficient (Wildman–Crippen LogP) is 16.8. The molecule has 0 atom stereocenters. The zero-order valence-electron chi connectivity index (χ0n) is 63.9. The molecule has 0 aliphatic carbocycles. The Bertz CT molecular complexity index is 4920. The number of benzene rings is 7. The summed E-state index contributed by atoms with van der Waals surface area (Å²) in [6.07, 6.45) is 5.72. The van der Waals surface area contributed by atoms with Gasteiger partial charge in [0.2, 0.25) is 23.1 Å². The van der Waals surface area contributed by atoms with Crippen LogP contribution in [0.1, 0.15) is 62.3 Å². The van der Waals surface area contributed by atoms with Gasteiger partial charge in [0, 0.05) is 169 Å². The third-order valence-electron chi connectivity index (χ3n) is 17.3. The smallest absolute Gasteiger partial charge is 0.410 e. The van der Waals surface area contributed by atoms with Crippen molar-refractivity contribution in [2.75, 3.05) is 136 Å². The van der Waals surface area contributed by atoms with Gasteiger partial charge in [0.25, 0.3) is 0 Å². The highest BCUT2D eigenvalue weighted by Gasteiger charge is 2.30. The van der Waals surface area contributed by atoms with Gasteiger partial charge in [0.05, 0.1) is 54.9 Å². The molecule has 3 fully saturated rings. The second-order valence-corrected chi connectivity index (χ2v) is 30.8. The lowest BCUT2D eigenvalue weighted by Gasteiger charge is -2.37. The first-order valence-electron chi connectivity index (χ1n) is 35.7. The summed E-state index contributed by atoms with van der Waals surface area (Å²) < 4.78 is 34.9. The minimum absolute atomic E-state index is 0.248. The van der Waals surface area contributed by atoms with Crippen LogP contribution in [0.3, 0.4) is 0 Å². The first-order chi connectivity index (χ1) is 52.4. The molecule has 4 amide bonds. The number of anilines is 9. The number of fused-ring (bicyclic) bond motifs is 3. The van der Waals surface area contributed by atoms with Crippen LogP contribution in [0.2, 0.25) is 5.28 Å². The molecule has 29 heteroatoms. The number of methoxy groups -OCH3 is 3. The number of piperazine rings is 3. The van der Waals surface area contributed by atoms with Crippen LogP contribution >= 0.6 is 43.5 Å². The van der Waals surface area contributed by atoms with Crippen molar-refractivity contribution in [2.24, 2.45) is 0 Å². The molecule has 110 heavy (non-hydrogen) atoms. The van der Waals surface area contributed by atoms with Gasteiger partial charge in [-0.3, -0.25) is 4.79 Å². The Morgan fingerprint density at radius 1 is 0.473 bits per heavy atom. The Morgan fingerprint density at radius 2 is 0.855 bits per heavy atom. The number of nitrogen functional groups attached to an aromatic ring is 1. The summed E-state index contributed by atoms with van der Waals surface area (Å²) in [6, 6.07) is 42.8. The molecule has 0 unspecified atom stereocenters. The van der Waals surface area contributed by atoms with Crippen LogP contribution in [0, 0.1) is 0 Å². The van der Waals surface area contributed by atoms with Gasteiger partial charge in [-0.2, -0.15) is 0 Å². The topological polar surface area (TPSA) is 283 Å². The number of rotatable bonds is 13. The number of nitrogens with one attached hydrogen (secondary N) is 3. The molecular weight excluding hydrogens is 1550 g/mol. The summed E-state index contributed by atoms with van der Waals surface area (Å²) in [5.41, 5.74) is 14.5. The van der Waals surface area contributed by atoms with Crippen LogP contribution in [-0.4, -0.2) is 185 Å². The van der Waals surface area contributed by atoms with E-state index in [1.807, 2.05) is 196 Å². The number of hydrogen-bond donors (Lipinski definition) is 4. The molecule has 0 radical (unpaired) electrons. The van der Waals surface area contributed by atoms with Gasteiger partial charge >= 0.3 is 18.3 Å². The number of aromatic nitrogens is 6. The van der Waals surface area contributed by atoms with Crippen LogP contribution in [0.25, 0.3) is 43.8 Å². The zero-order valence-corrected chi connectivity index (χ0v) is 67.8. The minimum Gasteiger partial charge on any atom is -0.495 e. The molecule has 6 heterocycles. The first kappa shape index (κ1) is 81.5. The standard InChI is InChI=1S/C33H36N6O4.C24H28BrN5O3.C16H25N3O3.C8H4BrClN2/c1-6-29(40)35-24-11-7-9-22(19-24)26-12-8-10-23-21-34-31(37-30(23)26)36-27-14-13-25(20-28(27)42-5)38-15-17-39(18-16-38)32(41)43-33(2,3)4;1-24(2,3)33-23(31)30-12-10-29(11-13-30)17-8-9-19(20(14-17)32-4)27-22-26-15-16-6-5-7-18(25)21(16)28-22;1-16(2,3)22-15(20)19-9-7-18(8-10-19)12-5-6-13(17)14(11-12)21-4;9-6-3-1-2-5-4-11-8(10)12-7(5)6/h6-14,19-21H,1,15-18H2,2-5H3,(H,35,40)(H,34,36,37);5-9,14-15H,10-13H2,1-4H3,(H,26,27,28);5-6,11H,7-10,17H2,1-4H3;1-4H. The van der Waals surface area contributed by atoms with Crippen molar-refractivity contribution in [2.45, 2.75) is 79.1 Å². The number of carbonyl (C=O) groups is 4. The molecule has 5 N–H and O–H groups in total. The Hall–Kier alpha value is -11.0. The van der Waals surface area contributed by atoms with Crippen LogP contribution in [0.15, 0.2) is 174 Å². The fraction of sp³-hybridized carbons (Fsp3) is 0.333. The lowest BCUT2D eigenvalue weighted by atomic mass is 10.0. The van der Waals surface area contributed by atoms with Crippen LogP contribution in [0.4, 0.5) is 66.1 Å². The largest absolute Gasteiger partial charge is 0.495 e. The van der Waals surface area contributed by atoms with Crippen molar-refractivity contribution in [3.8, 4) is 28.4 Å². The van der Waals surface area contributed by atoms with Gasteiger partial charge < -0.3 is 79.5 Å². The number of carbonyl (C=O) groups excluding carboxylic acids is 4. The number of hydrogen-bond acceptors (Lipinski definition) is 22. The fourth-order valence-electron chi connectivity index (χ4n) is 11.9. The van der Waals surface area contributed by atoms with E-state index < -0.39 is 16.8 Å². The van der Waals surface area contributed by atoms with Gasteiger partial charge in [0.1, 0.15) is 34.1 Å². The summed E-state index contributed by atoms with van der Waals surface area (Å²) in [5, 5.41) is 12.5. The van der Waals surface area contributed by atoms with Crippen molar-refractivity contribution in [1.29, 1.82) is 0 Å². The Balaban J connectivity index is 0.000000169. The average molecular weight is 1650 g/mol. The quantitative estimate of drug-likeness (QED) is 0.0361. The molecule has 3 aliphatic rings. The highest BCUT2D eigenvalue weighted by atomic mass is 79.9. The maximum absolute atomic E-state index is 12.5. The number of nitrogens with two attached hydrogens (primary N) is 1. The van der Waals surface area contributed by atoms with E-state index in [4.69, 9.17) is 50.7 Å². The SMILES string of the molecule is C=CC(=O)Nc1cccc(-c2cccc3cnc(Nc4ccc(N5CCN(C(=O)OC(C)(C)C)CC5)cc4OC)nc23)c1.COc1cc(N2CCN(C(=O)OC(C)(C)C)CC2)ccc1N.COc1cc(N2CCN(C(=O)OC(C)(C)C)CC2)ccc1Nc1ncc2cccc(Br)c2n1.Clc1ncc2cccc(Br)c2n1. The van der Waals surface area contributed by atoms with Crippen LogP contribution in [-0.2, 0) is 19.0 Å². The normalized spacial score (nSPS) is 13.8. The van der Waals surface area contributed by atoms with E-state index in [1.54, 1.807) is 54.6 Å². The minimum atomic E-state index is -0.518. The van der Waals surface area contributed by atoms with Crippen LogP contribution in [0.5, 0.6) is 17.2 Å². The van der Waals surface area contributed by atoms with Crippen molar-refractivity contribution >= 4 is 152 Å². The molecule has 0 bridgehead atoms. The number of ether oxygens (including phenoxy) is 6. The van der Waals surface area contributed by atoms with E-state index in [0.717, 1.165) is 107 Å². The molecular formula is C81H93Br2ClN16O10. The average Bonchev–Trinajstić information content (AvgIpc) is 0.791. The summed E-state index contributed by atoms with van der Waals surface area (Å²) in [7, 11) is 4.88. The molecule has 10 aromatic rings. The van der Waals surface area contributed by atoms with E-state index in [0.29, 0.717) is 92.9 Å². The molecule has 26 nitrogen and oxygen atoms in total. The molecule has 578 valence electrons. The van der Waals surface area contributed by atoms with Crippen LogP contribution < -0.4 is 50.6 Å². The van der Waals surface area contributed by atoms with Gasteiger partial charge in [-0.1, -0.05) is 61.2 Å². The number of para-hydroxylation sites is 3. The van der Waals surface area contributed by atoms with E-state index >= 15 is 0 Å². The second kappa shape index (κ2) is 36.5. The fourth-order valence-corrected chi connectivity index (χ4v) is 13.0. The van der Waals surface area contributed by atoms with Crippen molar-refractivity contribution in [3.05, 3.63) is 179 Å². The molecule has 3 saturated heterocycles. The molecule has 3 aromatic heterocycles. The predicted molar refractivity (Wildman–Crippen MR) is 443 cm³/mol. The monoisotopic (exact) mass is 1640 g/mol.